The third kappa shape index (κ3) is 4.28. The van der Waals surface area contributed by atoms with Gasteiger partial charge in [0.2, 0.25) is 11.8 Å². The van der Waals surface area contributed by atoms with Crippen molar-refractivity contribution in [1.29, 1.82) is 0 Å². The van der Waals surface area contributed by atoms with E-state index in [1.165, 1.54) is 32.3 Å². The van der Waals surface area contributed by atoms with Crippen LogP contribution in [0.2, 0.25) is 0 Å². The number of nitrogens with one attached hydrogen (secondary N) is 1. The number of aromatic nitrogens is 2. The molecule has 2 rings (SSSR count). The molecule has 0 aromatic carbocycles. The van der Waals surface area contributed by atoms with Crippen molar-refractivity contribution in [3.05, 3.63) is 11.9 Å². The van der Waals surface area contributed by atoms with Gasteiger partial charge in [0.1, 0.15) is 6.33 Å². The minimum atomic E-state index is 0.579. The molecule has 6 heteroatoms. The molecule has 0 unspecified atom stereocenters. The van der Waals surface area contributed by atoms with Gasteiger partial charge in [-0.1, -0.05) is 6.92 Å². The molecule has 0 saturated carbocycles. The Morgan fingerprint density at radius 1 is 1.19 bits per heavy atom. The van der Waals surface area contributed by atoms with E-state index in [4.69, 9.17) is 9.47 Å². The highest BCUT2D eigenvalue weighted by molar-refractivity contribution is 5.34. The first kappa shape index (κ1) is 16.0. The van der Waals surface area contributed by atoms with Gasteiger partial charge in [-0.25, -0.2) is 9.97 Å². The first-order valence-corrected chi connectivity index (χ1v) is 7.63. The lowest BCUT2D eigenvalue weighted by Gasteiger charge is -2.31. The molecule has 1 fully saturated rings. The topological polar surface area (TPSA) is 59.5 Å². The Labute approximate surface area is 126 Å². The summed E-state index contributed by atoms with van der Waals surface area (Å²) in [4.78, 5) is 10.8. The molecule has 0 spiro atoms. The number of ether oxygens (including phenoxy) is 2. The summed E-state index contributed by atoms with van der Waals surface area (Å²) in [5, 5.41) is 3.50. The van der Waals surface area contributed by atoms with Gasteiger partial charge in [0, 0.05) is 6.54 Å². The molecule has 0 atom stereocenters. The lowest BCUT2D eigenvalue weighted by atomic mass is 9.97. The monoisotopic (exact) mass is 294 g/mol. The summed E-state index contributed by atoms with van der Waals surface area (Å²) in [5.41, 5.74) is 0.883. The molecule has 1 aliphatic heterocycles. The van der Waals surface area contributed by atoms with Gasteiger partial charge in [-0.3, -0.25) is 0 Å². The Bertz CT molecular complexity index is 411. The SMILES string of the molecule is CCN1CCC(CNCc2c(OC)ncnc2OC)CC1. The molecular weight excluding hydrogens is 268 g/mol. The van der Waals surface area contributed by atoms with E-state index in [0.29, 0.717) is 18.3 Å². The number of piperidine rings is 1. The zero-order chi connectivity index (χ0) is 15.1. The van der Waals surface area contributed by atoms with Crippen molar-refractivity contribution in [3.8, 4) is 11.8 Å². The fraction of sp³-hybridized carbons (Fsp3) is 0.733. The predicted molar refractivity (Wildman–Crippen MR) is 81.7 cm³/mol. The van der Waals surface area contributed by atoms with E-state index in [1.807, 2.05) is 0 Å². The van der Waals surface area contributed by atoms with E-state index in [-0.39, 0.29) is 0 Å². The van der Waals surface area contributed by atoms with Crippen LogP contribution >= 0.6 is 0 Å². The van der Waals surface area contributed by atoms with Crippen LogP contribution in [-0.4, -0.2) is 55.3 Å². The van der Waals surface area contributed by atoms with Crippen molar-refractivity contribution in [2.75, 3.05) is 40.4 Å². The summed E-state index contributed by atoms with van der Waals surface area (Å²) in [6, 6.07) is 0. The maximum atomic E-state index is 5.28. The van der Waals surface area contributed by atoms with Crippen molar-refractivity contribution in [2.24, 2.45) is 5.92 Å². The second-order valence-corrected chi connectivity index (χ2v) is 5.38. The first-order chi connectivity index (χ1) is 10.3. The molecule has 0 bridgehead atoms. The Morgan fingerprint density at radius 2 is 1.81 bits per heavy atom. The van der Waals surface area contributed by atoms with Gasteiger partial charge in [0.25, 0.3) is 0 Å². The van der Waals surface area contributed by atoms with Crippen molar-refractivity contribution >= 4 is 0 Å². The summed E-state index contributed by atoms with van der Waals surface area (Å²) in [6.07, 6.45) is 3.99. The molecule has 118 valence electrons. The lowest BCUT2D eigenvalue weighted by Crippen LogP contribution is -2.37. The van der Waals surface area contributed by atoms with Gasteiger partial charge in [-0.05, 0) is 44.9 Å². The van der Waals surface area contributed by atoms with Crippen molar-refractivity contribution < 1.29 is 9.47 Å². The summed E-state index contributed by atoms with van der Waals surface area (Å²) in [6.45, 7) is 7.50. The van der Waals surface area contributed by atoms with Gasteiger partial charge >= 0.3 is 0 Å². The van der Waals surface area contributed by atoms with Crippen LogP contribution in [0.5, 0.6) is 11.8 Å². The molecule has 21 heavy (non-hydrogen) atoms. The molecule has 2 heterocycles. The normalized spacial score (nSPS) is 16.9. The highest BCUT2D eigenvalue weighted by Crippen LogP contribution is 2.23. The van der Waals surface area contributed by atoms with Crippen LogP contribution < -0.4 is 14.8 Å². The van der Waals surface area contributed by atoms with E-state index in [2.05, 4.69) is 27.1 Å². The van der Waals surface area contributed by atoms with Crippen LogP contribution in [-0.2, 0) is 6.54 Å². The second-order valence-electron chi connectivity index (χ2n) is 5.38. The summed E-state index contributed by atoms with van der Waals surface area (Å²) < 4.78 is 10.6. The van der Waals surface area contributed by atoms with E-state index in [0.717, 1.165) is 24.6 Å². The Morgan fingerprint density at radius 3 is 2.33 bits per heavy atom. The van der Waals surface area contributed by atoms with E-state index < -0.39 is 0 Å². The average molecular weight is 294 g/mol. The molecule has 1 aromatic rings. The fourth-order valence-corrected chi connectivity index (χ4v) is 2.79. The summed E-state index contributed by atoms with van der Waals surface area (Å²) in [7, 11) is 3.23. The molecule has 1 N–H and O–H groups in total. The lowest BCUT2D eigenvalue weighted by molar-refractivity contribution is 0.190. The third-order valence-corrected chi connectivity index (χ3v) is 4.14. The molecule has 0 radical (unpaired) electrons. The Hall–Kier alpha value is -1.40. The van der Waals surface area contributed by atoms with Crippen LogP contribution in [0.4, 0.5) is 0 Å². The first-order valence-electron chi connectivity index (χ1n) is 7.63. The third-order valence-electron chi connectivity index (χ3n) is 4.14. The fourth-order valence-electron chi connectivity index (χ4n) is 2.79. The van der Waals surface area contributed by atoms with Crippen LogP contribution in [0.15, 0.2) is 6.33 Å². The van der Waals surface area contributed by atoms with Crippen molar-refractivity contribution in [3.63, 3.8) is 0 Å². The Kier molecular flexibility index (Phi) is 6.20. The maximum Gasteiger partial charge on any atom is 0.224 e. The van der Waals surface area contributed by atoms with Gasteiger partial charge in [0.05, 0.1) is 19.8 Å². The van der Waals surface area contributed by atoms with Gasteiger partial charge in [0.15, 0.2) is 0 Å². The van der Waals surface area contributed by atoms with Gasteiger partial charge in [-0.2, -0.15) is 0 Å². The average Bonchev–Trinajstić information content (AvgIpc) is 2.55. The predicted octanol–water partition coefficient (Wildman–Crippen LogP) is 1.32. The molecule has 1 aromatic heterocycles. The smallest absolute Gasteiger partial charge is 0.224 e. The number of likely N-dealkylation sites (tertiary alicyclic amines) is 1. The van der Waals surface area contributed by atoms with Crippen molar-refractivity contribution in [2.45, 2.75) is 26.3 Å². The molecule has 0 amide bonds. The van der Waals surface area contributed by atoms with Gasteiger partial charge in [-0.15, -0.1) is 0 Å². The standard InChI is InChI=1S/C15H26N4O2/c1-4-19-7-5-12(6-8-19)9-16-10-13-14(20-2)17-11-18-15(13)21-3/h11-12,16H,4-10H2,1-3H3. The van der Waals surface area contributed by atoms with Crippen molar-refractivity contribution in [1.82, 2.24) is 20.2 Å². The van der Waals surface area contributed by atoms with Crippen LogP contribution in [0.25, 0.3) is 0 Å². The highest BCUT2D eigenvalue weighted by Gasteiger charge is 2.18. The number of nitrogens with zero attached hydrogens (tertiary/aromatic N) is 3. The van der Waals surface area contributed by atoms with E-state index >= 15 is 0 Å². The number of methoxy groups -OCH3 is 2. The van der Waals surface area contributed by atoms with E-state index in [9.17, 15) is 0 Å². The highest BCUT2D eigenvalue weighted by atomic mass is 16.5. The largest absolute Gasteiger partial charge is 0.481 e. The second kappa shape index (κ2) is 8.14. The maximum absolute atomic E-state index is 5.28. The zero-order valence-corrected chi connectivity index (χ0v) is 13.3. The summed E-state index contributed by atoms with van der Waals surface area (Å²) in [5.74, 6) is 1.90. The summed E-state index contributed by atoms with van der Waals surface area (Å²) >= 11 is 0. The minimum absolute atomic E-state index is 0.579. The van der Waals surface area contributed by atoms with Crippen LogP contribution in [0, 0.1) is 5.92 Å². The molecule has 1 aliphatic rings. The molecular formula is C15H26N4O2. The quantitative estimate of drug-likeness (QED) is 0.818. The zero-order valence-electron chi connectivity index (χ0n) is 13.3. The van der Waals surface area contributed by atoms with Crippen LogP contribution in [0.3, 0.4) is 0 Å². The van der Waals surface area contributed by atoms with E-state index in [1.54, 1.807) is 14.2 Å². The molecule has 0 aliphatic carbocycles. The number of hydrogen-bond donors (Lipinski definition) is 1. The van der Waals surface area contributed by atoms with Crippen LogP contribution in [0.1, 0.15) is 25.3 Å². The number of rotatable bonds is 7. The minimum Gasteiger partial charge on any atom is -0.481 e. The molecule has 1 saturated heterocycles. The Balaban J connectivity index is 1.83. The molecule has 6 nitrogen and oxygen atoms in total. The van der Waals surface area contributed by atoms with Gasteiger partial charge < -0.3 is 19.7 Å². The number of hydrogen-bond acceptors (Lipinski definition) is 6.